The first-order valence-electron chi connectivity index (χ1n) is 4.82. The van der Waals surface area contributed by atoms with Gasteiger partial charge >= 0.3 is 7.60 Å². The highest BCUT2D eigenvalue weighted by atomic mass is 31.2. The number of rotatable bonds is 3. The Morgan fingerprint density at radius 2 is 1.88 bits per heavy atom. The molecule has 0 unspecified atom stereocenters. The smallest absolute Gasteiger partial charge is 0.318 e. The van der Waals surface area contributed by atoms with Crippen molar-refractivity contribution in [3.63, 3.8) is 0 Å². The van der Waals surface area contributed by atoms with Crippen LogP contribution in [0.1, 0.15) is 0 Å². The number of aromatic amines is 1. The van der Waals surface area contributed by atoms with Crippen LogP contribution in [0.2, 0.25) is 0 Å². The zero-order valence-corrected chi connectivity index (χ0v) is 10.2. The van der Waals surface area contributed by atoms with Gasteiger partial charge in [-0.2, -0.15) is 0 Å². The van der Waals surface area contributed by atoms with Gasteiger partial charge in [-0.1, -0.05) is 12.1 Å². The highest BCUT2D eigenvalue weighted by Crippen LogP contribution is 2.43. The molecule has 0 saturated carbocycles. The van der Waals surface area contributed by atoms with E-state index in [2.05, 4.69) is 9.97 Å². The van der Waals surface area contributed by atoms with E-state index >= 15 is 0 Å². The van der Waals surface area contributed by atoms with Crippen LogP contribution in [-0.4, -0.2) is 24.2 Å². The number of nitrogens with zero attached hydrogens (tertiary/aromatic N) is 1. The third-order valence-corrected chi connectivity index (χ3v) is 4.11. The summed E-state index contributed by atoms with van der Waals surface area (Å²) in [5.74, 6) is 0. The molecule has 1 N–H and O–H groups in total. The molecule has 0 fully saturated rings. The first-order chi connectivity index (χ1) is 8.10. The predicted octanol–water partition coefficient (Wildman–Crippen LogP) is 1.03. The molecule has 0 atom stereocenters. The van der Waals surface area contributed by atoms with Crippen LogP contribution in [0.5, 0.6) is 0 Å². The number of aromatic nitrogens is 2. The molecule has 0 spiro atoms. The fourth-order valence-electron chi connectivity index (χ4n) is 1.45. The van der Waals surface area contributed by atoms with Gasteiger partial charge < -0.3 is 14.0 Å². The maximum atomic E-state index is 12.1. The van der Waals surface area contributed by atoms with E-state index in [1.165, 1.54) is 14.2 Å². The number of benzene rings is 1. The minimum absolute atomic E-state index is 0.235. The minimum atomic E-state index is -3.63. The summed E-state index contributed by atoms with van der Waals surface area (Å²) in [7, 11) is -1.21. The largest absolute Gasteiger partial charge is 0.384 e. The first kappa shape index (κ1) is 12.0. The van der Waals surface area contributed by atoms with Crippen LogP contribution in [0.25, 0.3) is 11.0 Å². The molecule has 1 aromatic carbocycles. The molecule has 0 amide bonds. The second kappa shape index (κ2) is 4.41. The van der Waals surface area contributed by atoms with Crippen LogP contribution in [-0.2, 0) is 13.6 Å². The zero-order valence-electron chi connectivity index (χ0n) is 9.34. The topological polar surface area (TPSA) is 81.3 Å². The standard InChI is InChI=1S/C10H11N2O4P/c1-15-17(14,16-2)10-9(13)11-7-5-3-4-6-8(7)12-10/h3-6H,1-2H3,(H,11,13). The maximum absolute atomic E-state index is 12.1. The maximum Gasteiger partial charge on any atom is 0.384 e. The van der Waals surface area contributed by atoms with Crippen LogP contribution in [0.3, 0.4) is 0 Å². The van der Waals surface area contributed by atoms with Crippen LogP contribution in [0.15, 0.2) is 29.1 Å². The first-order valence-corrected chi connectivity index (χ1v) is 6.36. The lowest BCUT2D eigenvalue weighted by atomic mass is 10.3. The van der Waals surface area contributed by atoms with Crippen molar-refractivity contribution >= 4 is 24.1 Å². The number of H-pyrrole nitrogens is 1. The average Bonchev–Trinajstić information content (AvgIpc) is 2.37. The van der Waals surface area contributed by atoms with Crippen molar-refractivity contribution < 1.29 is 13.6 Å². The molecule has 0 radical (unpaired) electrons. The van der Waals surface area contributed by atoms with E-state index in [1.807, 2.05) is 0 Å². The third kappa shape index (κ3) is 2.02. The Balaban J connectivity index is 2.75. The molecule has 6 nitrogen and oxygen atoms in total. The lowest BCUT2D eigenvalue weighted by Gasteiger charge is -2.11. The van der Waals surface area contributed by atoms with Gasteiger partial charge in [-0.05, 0) is 12.1 Å². The fraction of sp³-hybridized carbons (Fsp3) is 0.200. The van der Waals surface area contributed by atoms with Crippen molar-refractivity contribution in [2.75, 3.05) is 14.2 Å². The van der Waals surface area contributed by atoms with E-state index in [0.717, 1.165) is 0 Å². The summed E-state index contributed by atoms with van der Waals surface area (Å²) < 4.78 is 21.6. The second-order valence-electron chi connectivity index (χ2n) is 3.27. The monoisotopic (exact) mass is 254 g/mol. The van der Waals surface area contributed by atoms with E-state index in [1.54, 1.807) is 24.3 Å². The van der Waals surface area contributed by atoms with E-state index in [9.17, 15) is 9.36 Å². The van der Waals surface area contributed by atoms with Gasteiger partial charge in [0.25, 0.3) is 5.56 Å². The molecule has 0 aliphatic rings. The summed E-state index contributed by atoms with van der Waals surface area (Å²) in [6, 6.07) is 6.94. The second-order valence-corrected chi connectivity index (χ2v) is 5.42. The minimum Gasteiger partial charge on any atom is -0.318 e. The number of fused-ring (bicyclic) bond motifs is 1. The quantitative estimate of drug-likeness (QED) is 0.827. The van der Waals surface area contributed by atoms with Crippen molar-refractivity contribution in [1.29, 1.82) is 0 Å². The van der Waals surface area contributed by atoms with Crippen molar-refractivity contribution in [2.45, 2.75) is 0 Å². The van der Waals surface area contributed by atoms with Gasteiger partial charge in [0.15, 0.2) is 0 Å². The fourth-order valence-corrected chi connectivity index (χ4v) is 2.48. The lowest BCUT2D eigenvalue weighted by Crippen LogP contribution is -2.31. The molecule has 1 aromatic heterocycles. The SMILES string of the molecule is COP(=O)(OC)c1nc2ccccc2[nH]c1=O. The van der Waals surface area contributed by atoms with Crippen molar-refractivity contribution in [2.24, 2.45) is 0 Å². The van der Waals surface area contributed by atoms with Gasteiger partial charge in [-0.25, -0.2) is 4.98 Å². The van der Waals surface area contributed by atoms with Crippen molar-refractivity contribution in [3.8, 4) is 0 Å². The highest BCUT2D eigenvalue weighted by Gasteiger charge is 2.30. The Bertz CT molecular complexity index is 644. The van der Waals surface area contributed by atoms with E-state index in [4.69, 9.17) is 9.05 Å². The van der Waals surface area contributed by atoms with E-state index in [0.29, 0.717) is 11.0 Å². The van der Waals surface area contributed by atoms with E-state index < -0.39 is 13.2 Å². The molecule has 7 heteroatoms. The van der Waals surface area contributed by atoms with E-state index in [-0.39, 0.29) is 5.44 Å². The molecule has 2 aromatic rings. The van der Waals surface area contributed by atoms with Crippen LogP contribution in [0.4, 0.5) is 0 Å². The van der Waals surface area contributed by atoms with Gasteiger partial charge in [0, 0.05) is 14.2 Å². The Morgan fingerprint density at radius 3 is 2.53 bits per heavy atom. The van der Waals surface area contributed by atoms with Crippen LogP contribution < -0.4 is 11.0 Å². The predicted molar refractivity (Wildman–Crippen MR) is 63.6 cm³/mol. The average molecular weight is 254 g/mol. The van der Waals surface area contributed by atoms with Gasteiger partial charge in [0.2, 0.25) is 5.44 Å². The molecular formula is C10H11N2O4P. The lowest BCUT2D eigenvalue weighted by molar-refractivity contribution is 0.286. The molecule has 0 saturated heterocycles. The number of para-hydroxylation sites is 2. The Labute approximate surface area is 97.1 Å². The molecule has 0 aliphatic carbocycles. The third-order valence-electron chi connectivity index (χ3n) is 2.32. The summed E-state index contributed by atoms with van der Waals surface area (Å²) in [4.78, 5) is 18.4. The Hall–Kier alpha value is -1.49. The van der Waals surface area contributed by atoms with Gasteiger partial charge in [0.05, 0.1) is 11.0 Å². The molecule has 90 valence electrons. The molecular weight excluding hydrogens is 243 g/mol. The highest BCUT2D eigenvalue weighted by molar-refractivity contribution is 7.61. The number of hydrogen-bond donors (Lipinski definition) is 1. The molecule has 0 bridgehead atoms. The normalized spacial score (nSPS) is 11.9. The van der Waals surface area contributed by atoms with Gasteiger partial charge in [-0.15, -0.1) is 0 Å². The zero-order chi connectivity index (χ0) is 12.5. The number of hydrogen-bond acceptors (Lipinski definition) is 5. The van der Waals surface area contributed by atoms with Gasteiger partial charge in [-0.3, -0.25) is 9.36 Å². The van der Waals surface area contributed by atoms with Crippen LogP contribution in [0, 0.1) is 0 Å². The number of nitrogens with one attached hydrogen (secondary N) is 1. The molecule has 1 heterocycles. The van der Waals surface area contributed by atoms with Crippen LogP contribution >= 0.6 is 7.60 Å². The summed E-state index contributed by atoms with van der Waals surface area (Å²) >= 11 is 0. The summed E-state index contributed by atoms with van der Waals surface area (Å²) in [6.45, 7) is 0. The summed E-state index contributed by atoms with van der Waals surface area (Å²) in [5, 5.41) is 0. The van der Waals surface area contributed by atoms with Crippen molar-refractivity contribution in [1.82, 2.24) is 9.97 Å². The molecule has 2 rings (SSSR count). The molecule has 0 aliphatic heterocycles. The van der Waals surface area contributed by atoms with Crippen molar-refractivity contribution in [3.05, 3.63) is 34.6 Å². The van der Waals surface area contributed by atoms with Gasteiger partial charge in [0.1, 0.15) is 0 Å². The summed E-state index contributed by atoms with van der Waals surface area (Å²) in [6.07, 6.45) is 0. The Kier molecular flexibility index (Phi) is 3.11. The summed E-state index contributed by atoms with van der Waals surface area (Å²) in [5.41, 5.74) is 0.286. The Morgan fingerprint density at radius 1 is 1.24 bits per heavy atom. The molecule has 17 heavy (non-hydrogen) atoms.